The van der Waals surface area contributed by atoms with Crippen LogP contribution in [0.1, 0.15) is 41.0 Å². The molecule has 0 bridgehead atoms. The van der Waals surface area contributed by atoms with E-state index in [0.29, 0.717) is 5.41 Å². The highest BCUT2D eigenvalue weighted by Gasteiger charge is 2.11. The van der Waals surface area contributed by atoms with Crippen LogP contribution in [0, 0.1) is 11.3 Å². The Balaban J connectivity index is 0. The van der Waals surface area contributed by atoms with Crippen LogP contribution < -0.4 is 0 Å². The van der Waals surface area contributed by atoms with Gasteiger partial charge in [-0.25, -0.2) is 0 Å². The molecule has 1 radical (unpaired) electrons. The second-order valence-electron chi connectivity index (χ2n) is 4.33. The van der Waals surface area contributed by atoms with Crippen LogP contribution in [0.2, 0.25) is 0 Å². The van der Waals surface area contributed by atoms with Crippen LogP contribution in [0.4, 0.5) is 0 Å². The molecule has 83 valence electrons. The van der Waals surface area contributed by atoms with Crippen molar-refractivity contribution in [1.29, 1.82) is 0 Å². The molecular weight excluding hydrogens is 184 g/mol. The average molecular weight is 203 g/mol. The Morgan fingerprint density at radius 3 is 1.50 bits per heavy atom. The minimum Gasteiger partial charge on any atom is -0.251 e. The summed E-state index contributed by atoms with van der Waals surface area (Å²) in [4.78, 5) is 25.0. The summed E-state index contributed by atoms with van der Waals surface area (Å²) in [5.74, 6) is 1.53. The molecule has 0 N–H and O–H groups in total. The summed E-state index contributed by atoms with van der Waals surface area (Å²) in [6, 6.07) is 0. The van der Waals surface area contributed by atoms with E-state index in [1.165, 1.54) is 12.3 Å². The normalized spacial score (nSPS) is 9.86. The van der Waals surface area contributed by atoms with Gasteiger partial charge >= 0.3 is 12.9 Å². The van der Waals surface area contributed by atoms with Gasteiger partial charge in [-0.15, -0.1) is 0 Å². The topological polar surface area (TPSA) is 52.6 Å². The van der Waals surface area contributed by atoms with Crippen LogP contribution in [-0.4, -0.2) is 12.9 Å². The summed E-state index contributed by atoms with van der Waals surface area (Å²) < 4.78 is 0. The fourth-order valence-corrected chi connectivity index (χ4v) is 1.11. The van der Waals surface area contributed by atoms with Gasteiger partial charge < -0.3 is 0 Å². The molecule has 0 spiro atoms. The minimum absolute atomic E-state index is 0.00833. The van der Waals surface area contributed by atoms with Crippen molar-refractivity contribution < 1.29 is 19.4 Å². The molecule has 0 aromatic carbocycles. The van der Waals surface area contributed by atoms with Crippen molar-refractivity contribution in [3.05, 3.63) is 5.92 Å². The molecule has 0 fully saturated rings. The molecule has 0 aliphatic heterocycles. The van der Waals surface area contributed by atoms with Gasteiger partial charge in [-0.05, 0) is 17.8 Å². The molecule has 0 atom stereocenters. The first-order chi connectivity index (χ1) is 6.33. The van der Waals surface area contributed by atoms with Crippen molar-refractivity contribution in [1.82, 2.24) is 0 Å². The van der Waals surface area contributed by atoms with Crippen LogP contribution in [0.5, 0.6) is 0 Å². The maximum absolute atomic E-state index is 9.06. The first-order valence-electron chi connectivity index (χ1n) is 4.32. The maximum atomic E-state index is 9.06. The summed E-state index contributed by atoms with van der Waals surface area (Å²) in [5, 5.41) is 0. The van der Waals surface area contributed by atoms with Crippen molar-refractivity contribution >= 4 is 12.9 Å². The lowest BCUT2D eigenvalue weighted by molar-refractivity contribution is -0.235. The number of rotatable bonds is 4. The molecule has 4 heteroatoms. The molecule has 0 saturated heterocycles. The number of carbonyl (C=O) groups excluding carboxylic acids is 2. The standard InChI is InChI=1S/C8H17.C2H2O4/c1-7(2)6-8(3,4)5;3-1-5-6-2-4/h6H2,1-5H3;1-2H. The SMILES string of the molecule is C[C](C)CC(C)(C)C.O=COOC=O. The fourth-order valence-electron chi connectivity index (χ4n) is 1.11. The summed E-state index contributed by atoms with van der Waals surface area (Å²) in [7, 11) is 0. The van der Waals surface area contributed by atoms with Gasteiger partial charge in [-0.1, -0.05) is 34.6 Å². The summed E-state index contributed by atoms with van der Waals surface area (Å²) in [5.41, 5.74) is 0.485. The smallest absolute Gasteiger partial charge is 0.251 e. The Bertz CT molecular complexity index is 139. The van der Waals surface area contributed by atoms with Crippen LogP contribution in [0.25, 0.3) is 0 Å². The van der Waals surface area contributed by atoms with E-state index >= 15 is 0 Å². The molecule has 0 unspecified atom stereocenters. The van der Waals surface area contributed by atoms with Gasteiger partial charge in [0.15, 0.2) is 0 Å². The van der Waals surface area contributed by atoms with Gasteiger partial charge in [-0.2, -0.15) is 0 Å². The van der Waals surface area contributed by atoms with Gasteiger partial charge in [0, 0.05) is 0 Å². The molecule has 0 aliphatic rings. The Morgan fingerprint density at radius 1 is 1.07 bits per heavy atom. The first-order valence-corrected chi connectivity index (χ1v) is 4.32. The van der Waals surface area contributed by atoms with Crippen molar-refractivity contribution in [2.45, 2.75) is 41.0 Å². The van der Waals surface area contributed by atoms with Crippen LogP contribution in [0.3, 0.4) is 0 Å². The lowest BCUT2D eigenvalue weighted by Gasteiger charge is -2.19. The monoisotopic (exact) mass is 203 g/mol. The van der Waals surface area contributed by atoms with Gasteiger partial charge in [-0.3, -0.25) is 19.4 Å². The Labute approximate surface area is 85.5 Å². The molecule has 0 aromatic heterocycles. The zero-order valence-electron chi connectivity index (χ0n) is 9.49. The minimum atomic E-state index is 0.00833. The third kappa shape index (κ3) is 22.4. The molecule has 0 amide bonds. The predicted molar refractivity (Wildman–Crippen MR) is 53.0 cm³/mol. The molecule has 0 heterocycles. The largest absolute Gasteiger partial charge is 0.344 e. The third-order valence-corrected chi connectivity index (χ3v) is 1.02. The average Bonchev–Trinajstić information content (AvgIpc) is 1.97. The lowest BCUT2D eigenvalue weighted by atomic mass is 9.86. The Morgan fingerprint density at radius 2 is 1.43 bits per heavy atom. The van der Waals surface area contributed by atoms with Gasteiger partial charge in [0.05, 0.1) is 0 Å². The van der Waals surface area contributed by atoms with Crippen molar-refractivity contribution in [3.63, 3.8) is 0 Å². The summed E-state index contributed by atoms with van der Waals surface area (Å²) >= 11 is 0. The van der Waals surface area contributed by atoms with Crippen LogP contribution in [-0.2, 0) is 19.4 Å². The van der Waals surface area contributed by atoms with E-state index in [2.05, 4.69) is 44.4 Å². The highest BCUT2D eigenvalue weighted by atomic mass is 17.2. The van der Waals surface area contributed by atoms with E-state index in [9.17, 15) is 0 Å². The van der Waals surface area contributed by atoms with E-state index in [1.54, 1.807) is 0 Å². The van der Waals surface area contributed by atoms with Crippen molar-refractivity contribution in [2.75, 3.05) is 0 Å². The molecule has 0 aromatic rings. The van der Waals surface area contributed by atoms with E-state index in [0.717, 1.165) is 0 Å². The Kier molecular flexibility index (Phi) is 9.40. The molecular formula is C10H19O4. The number of carbonyl (C=O) groups is 2. The highest BCUT2D eigenvalue weighted by molar-refractivity contribution is 5.40. The van der Waals surface area contributed by atoms with Crippen LogP contribution >= 0.6 is 0 Å². The number of hydrogen-bond acceptors (Lipinski definition) is 4. The fraction of sp³-hybridized carbons (Fsp3) is 0.700. The molecule has 4 nitrogen and oxygen atoms in total. The van der Waals surface area contributed by atoms with E-state index in [4.69, 9.17) is 9.59 Å². The van der Waals surface area contributed by atoms with Gasteiger partial charge in [0.2, 0.25) is 0 Å². The van der Waals surface area contributed by atoms with E-state index < -0.39 is 0 Å². The van der Waals surface area contributed by atoms with Crippen LogP contribution in [0.15, 0.2) is 0 Å². The Hall–Kier alpha value is -1.06. The van der Waals surface area contributed by atoms with Gasteiger partial charge in [0.25, 0.3) is 0 Å². The lowest BCUT2D eigenvalue weighted by Crippen LogP contribution is -2.07. The van der Waals surface area contributed by atoms with E-state index in [1.807, 2.05) is 0 Å². The van der Waals surface area contributed by atoms with Crippen molar-refractivity contribution in [3.8, 4) is 0 Å². The zero-order valence-corrected chi connectivity index (χ0v) is 9.49. The maximum Gasteiger partial charge on any atom is 0.344 e. The molecule has 0 aliphatic carbocycles. The highest BCUT2D eigenvalue weighted by Crippen LogP contribution is 2.24. The third-order valence-electron chi connectivity index (χ3n) is 1.02. The van der Waals surface area contributed by atoms with Gasteiger partial charge in [0.1, 0.15) is 0 Å². The van der Waals surface area contributed by atoms with Crippen molar-refractivity contribution in [2.24, 2.45) is 5.41 Å². The molecule has 0 rings (SSSR count). The molecule has 0 saturated carbocycles. The molecule has 14 heavy (non-hydrogen) atoms. The zero-order chi connectivity index (χ0) is 11.6. The number of hydrogen-bond donors (Lipinski definition) is 0. The summed E-state index contributed by atoms with van der Waals surface area (Å²) in [6.07, 6.45) is 1.24. The first kappa shape index (κ1) is 15.4. The second kappa shape index (κ2) is 8.53. The summed E-state index contributed by atoms with van der Waals surface area (Å²) in [6.45, 7) is 11.2. The van der Waals surface area contributed by atoms with E-state index in [-0.39, 0.29) is 12.9 Å². The quantitative estimate of drug-likeness (QED) is 0.304. The second-order valence-corrected chi connectivity index (χ2v) is 4.33. The predicted octanol–water partition coefficient (Wildman–Crippen LogP) is 2.28.